The first-order valence-corrected chi connectivity index (χ1v) is 8.86. The second-order valence-electron chi connectivity index (χ2n) is 5.44. The third kappa shape index (κ3) is 3.64. The van der Waals surface area contributed by atoms with Crippen molar-refractivity contribution in [2.75, 3.05) is 13.1 Å². The zero-order chi connectivity index (χ0) is 18.0. The van der Waals surface area contributed by atoms with E-state index in [-0.39, 0.29) is 6.54 Å². The number of halogens is 2. The van der Waals surface area contributed by atoms with Gasteiger partial charge in [-0.3, -0.25) is 4.79 Å². The SMILES string of the molecule is O=C(CNS(=O)(=O)c1c(F)cccc1F)N1CCc2ncncc2C1. The van der Waals surface area contributed by atoms with Gasteiger partial charge in [0.15, 0.2) is 4.90 Å². The normalized spacial score (nSPS) is 14.2. The fraction of sp³-hybridized carbons (Fsp3) is 0.267. The van der Waals surface area contributed by atoms with E-state index in [1.54, 1.807) is 6.20 Å². The quantitative estimate of drug-likeness (QED) is 0.854. The Bertz CT molecular complexity index is 900. The Morgan fingerprint density at radius 1 is 1.28 bits per heavy atom. The lowest BCUT2D eigenvalue weighted by Gasteiger charge is -2.27. The Kier molecular flexibility index (Phi) is 4.73. The number of amides is 1. The van der Waals surface area contributed by atoms with Crippen LogP contribution in [0.25, 0.3) is 0 Å². The highest BCUT2D eigenvalue weighted by Gasteiger charge is 2.26. The fourth-order valence-electron chi connectivity index (χ4n) is 2.56. The predicted molar refractivity (Wildman–Crippen MR) is 82.7 cm³/mol. The number of nitrogens with one attached hydrogen (secondary N) is 1. The highest BCUT2D eigenvalue weighted by Crippen LogP contribution is 2.18. The van der Waals surface area contributed by atoms with E-state index in [0.29, 0.717) is 13.0 Å². The van der Waals surface area contributed by atoms with Crippen molar-refractivity contribution in [3.63, 3.8) is 0 Å². The molecule has 1 N–H and O–H groups in total. The molecule has 0 saturated heterocycles. The molecule has 0 radical (unpaired) electrons. The molecule has 0 aliphatic carbocycles. The smallest absolute Gasteiger partial charge is 0.246 e. The maximum Gasteiger partial charge on any atom is 0.246 e. The van der Waals surface area contributed by atoms with Gasteiger partial charge in [0, 0.05) is 31.3 Å². The van der Waals surface area contributed by atoms with E-state index in [1.165, 1.54) is 11.2 Å². The summed E-state index contributed by atoms with van der Waals surface area (Å²) in [5.74, 6) is -2.94. The van der Waals surface area contributed by atoms with Crippen LogP contribution in [0, 0.1) is 11.6 Å². The van der Waals surface area contributed by atoms with Crippen molar-refractivity contribution in [1.29, 1.82) is 0 Å². The number of hydrogen-bond acceptors (Lipinski definition) is 5. The third-order valence-corrected chi connectivity index (χ3v) is 5.27. The summed E-state index contributed by atoms with van der Waals surface area (Å²) < 4.78 is 53.3. The molecule has 0 fully saturated rings. The van der Waals surface area contributed by atoms with Gasteiger partial charge in [0.1, 0.15) is 18.0 Å². The fourth-order valence-corrected chi connectivity index (χ4v) is 3.67. The minimum Gasteiger partial charge on any atom is -0.337 e. The summed E-state index contributed by atoms with van der Waals surface area (Å²) >= 11 is 0. The standard InChI is InChI=1S/C15H14F2N4O3S/c16-11-2-1-3-12(17)15(11)25(23,24)20-7-14(22)21-5-4-13-10(8-21)6-18-9-19-13/h1-3,6,9,20H,4-5,7-8H2. The van der Waals surface area contributed by atoms with Crippen LogP contribution in [0.2, 0.25) is 0 Å². The predicted octanol–water partition coefficient (Wildman–Crippen LogP) is 0.618. The second kappa shape index (κ2) is 6.81. The van der Waals surface area contributed by atoms with Crippen LogP contribution in [0.4, 0.5) is 8.78 Å². The minimum absolute atomic E-state index is 0.255. The zero-order valence-electron chi connectivity index (χ0n) is 12.9. The lowest BCUT2D eigenvalue weighted by molar-refractivity contribution is -0.130. The molecular weight excluding hydrogens is 354 g/mol. The molecule has 1 aliphatic rings. The van der Waals surface area contributed by atoms with Gasteiger partial charge in [-0.25, -0.2) is 31.9 Å². The largest absolute Gasteiger partial charge is 0.337 e. The molecular formula is C15H14F2N4O3S. The summed E-state index contributed by atoms with van der Waals surface area (Å²) in [6, 6.07) is 2.73. The maximum atomic E-state index is 13.6. The van der Waals surface area contributed by atoms with Gasteiger partial charge in [-0.2, -0.15) is 0 Å². The monoisotopic (exact) mass is 368 g/mol. The summed E-state index contributed by atoms with van der Waals surface area (Å²) in [7, 11) is -4.49. The van der Waals surface area contributed by atoms with Crippen molar-refractivity contribution in [3.05, 3.63) is 53.6 Å². The highest BCUT2D eigenvalue weighted by molar-refractivity contribution is 7.89. The van der Waals surface area contributed by atoms with Crippen LogP contribution in [0.5, 0.6) is 0 Å². The first kappa shape index (κ1) is 17.4. The van der Waals surface area contributed by atoms with Crippen LogP contribution < -0.4 is 4.72 Å². The highest BCUT2D eigenvalue weighted by atomic mass is 32.2. The van der Waals surface area contributed by atoms with Gasteiger partial charge in [0.2, 0.25) is 15.9 Å². The van der Waals surface area contributed by atoms with E-state index in [4.69, 9.17) is 0 Å². The van der Waals surface area contributed by atoms with E-state index in [2.05, 4.69) is 9.97 Å². The number of sulfonamides is 1. The Morgan fingerprint density at radius 3 is 2.72 bits per heavy atom. The first-order valence-electron chi connectivity index (χ1n) is 7.37. The number of carbonyl (C=O) groups is 1. The molecule has 3 rings (SSSR count). The van der Waals surface area contributed by atoms with E-state index in [0.717, 1.165) is 29.5 Å². The van der Waals surface area contributed by atoms with Gasteiger partial charge in [-0.1, -0.05) is 6.07 Å². The molecule has 2 heterocycles. The zero-order valence-corrected chi connectivity index (χ0v) is 13.8. The molecule has 0 atom stereocenters. The molecule has 1 aromatic heterocycles. The third-order valence-electron chi connectivity index (χ3n) is 3.81. The van der Waals surface area contributed by atoms with Crippen molar-refractivity contribution in [1.82, 2.24) is 19.6 Å². The molecule has 0 spiro atoms. The van der Waals surface area contributed by atoms with Gasteiger partial charge in [0.05, 0.1) is 12.2 Å². The van der Waals surface area contributed by atoms with Crippen molar-refractivity contribution in [3.8, 4) is 0 Å². The first-order chi connectivity index (χ1) is 11.9. The molecule has 7 nitrogen and oxygen atoms in total. The van der Waals surface area contributed by atoms with Gasteiger partial charge < -0.3 is 4.90 Å². The molecule has 1 aliphatic heterocycles. The average molecular weight is 368 g/mol. The summed E-state index contributed by atoms with van der Waals surface area (Å²) in [6.45, 7) is 0.0303. The van der Waals surface area contributed by atoms with Gasteiger partial charge in [0.25, 0.3) is 0 Å². The molecule has 132 valence electrons. The topological polar surface area (TPSA) is 92.3 Å². The van der Waals surface area contributed by atoms with Crippen LogP contribution in [0.15, 0.2) is 35.6 Å². The Labute approximate surface area is 142 Å². The number of carbonyl (C=O) groups excluding carboxylic acids is 1. The molecule has 1 aromatic carbocycles. The Balaban J connectivity index is 1.69. The summed E-state index contributed by atoms with van der Waals surface area (Å²) in [5.41, 5.74) is 1.62. The average Bonchev–Trinajstić information content (AvgIpc) is 2.59. The molecule has 0 unspecified atom stereocenters. The van der Waals surface area contributed by atoms with Crippen molar-refractivity contribution in [2.45, 2.75) is 17.9 Å². The number of benzene rings is 1. The maximum absolute atomic E-state index is 13.6. The van der Waals surface area contributed by atoms with E-state index < -0.39 is 39.0 Å². The van der Waals surface area contributed by atoms with Crippen LogP contribution >= 0.6 is 0 Å². The van der Waals surface area contributed by atoms with Crippen molar-refractivity contribution < 1.29 is 22.0 Å². The van der Waals surface area contributed by atoms with Crippen molar-refractivity contribution >= 4 is 15.9 Å². The number of nitrogens with zero attached hydrogens (tertiary/aromatic N) is 3. The lowest BCUT2D eigenvalue weighted by Crippen LogP contribution is -2.43. The number of aromatic nitrogens is 2. The van der Waals surface area contributed by atoms with Crippen LogP contribution in [-0.2, 0) is 27.8 Å². The van der Waals surface area contributed by atoms with Crippen LogP contribution in [0.3, 0.4) is 0 Å². The van der Waals surface area contributed by atoms with Crippen LogP contribution in [-0.4, -0.2) is 42.3 Å². The molecule has 10 heteroatoms. The number of rotatable bonds is 4. The summed E-state index contributed by atoms with van der Waals surface area (Å²) in [5, 5.41) is 0. The van der Waals surface area contributed by atoms with Gasteiger partial charge in [-0.05, 0) is 12.1 Å². The number of fused-ring (bicyclic) bond motifs is 1. The molecule has 25 heavy (non-hydrogen) atoms. The van der Waals surface area contributed by atoms with E-state index in [1.807, 2.05) is 4.72 Å². The van der Waals surface area contributed by atoms with Crippen LogP contribution in [0.1, 0.15) is 11.3 Å². The number of hydrogen-bond donors (Lipinski definition) is 1. The molecule has 0 saturated carbocycles. The molecule has 2 aromatic rings. The lowest BCUT2D eigenvalue weighted by atomic mass is 10.1. The Morgan fingerprint density at radius 2 is 2.00 bits per heavy atom. The second-order valence-corrected chi connectivity index (χ2v) is 7.14. The van der Waals surface area contributed by atoms with Gasteiger partial charge >= 0.3 is 0 Å². The van der Waals surface area contributed by atoms with Gasteiger partial charge in [-0.15, -0.1) is 0 Å². The summed E-state index contributed by atoms with van der Waals surface area (Å²) in [6.07, 6.45) is 3.55. The van der Waals surface area contributed by atoms with Crippen molar-refractivity contribution in [2.24, 2.45) is 0 Å². The van der Waals surface area contributed by atoms with E-state index in [9.17, 15) is 22.0 Å². The Hall–Kier alpha value is -2.46. The minimum atomic E-state index is -4.49. The summed E-state index contributed by atoms with van der Waals surface area (Å²) in [4.78, 5) is 20.6. The molecule has 1 amide bonds. The molecule has 0 bridgehead atoms. The van der Waals surface area contributed by atoms with E-state index >= 15 is 0 Å².